The van der Waals surface area contributed by atoms with Gasteiger partial charge in [0.15, 0.2) is 0 Å². The molecule has 112 valence electrons. The van der Waals surface area contributed by atoms with Gasteiger partial charge in [0.2, 0.25) is 0 Å². The molecule has 0 unspecified atom stereocenters. The molecule has 0 radical (unpaired) electrons. The van der Waals surface area contributed by atoms with Gasteiger partial charge in [0.1, 0.15) is 17.5 Å². The smallest absolute Gasteiger partial charge is 0.135 e. The van der Waals surface area contributed by atoms with Gasteiger partial charge in [-0.2, -0.15) is 0 Å². The monoisotopic (exact) mass is 307 g/mol. The highest BCUT2D eigenvalue weighted by molar-refractivity contribution is 6.31. The first-order valence-electron chi connectivity index (χ1n) is 6.96. The zero-order chi connectivity index (χ0) is 15.4. The Bertz CT molecular complexity index is 629. The van der Waals surface area contributed by atoms with Crippen LogP contribution in [0.25, 0.3) is 0 Å². The van der Waals surface area contributed by atoms with Crippen molar-refractivity contribution in [2.75, 3.05) is 12.4 Å². The van der Waals surface area contributed by atoms with E-state index < -0.39 is 0 Å². The Morgan fingerprint density at radius 1 is 1.24 bits per heavy atom. The lowest BCUT2D eigenvalue weighted by atomic mass is 10.1. The van der Waals surface area contributed by atoms with Crippen molar-refractivity contribution in [3.8, 4) is 0 Å². The molecule has 2 aromatic rings. The minimum absolute atomic E-state index is 0.339. The van der Waals surface area contributed by atoms with Crippen molar-refractivity contribution in [3.63, 3.8) is 0 Å². The van der Waals surface area contributed by atoms with Crippen LogP contribution in [0.2, 0.25) is 5.02 Å². The fourth-order valence-electron chi connectivity index (χ4n) is 2.12. The third-order valence-electron chi connectivity index (χ3n) is 3.06. The SMILES string of the molecule is CNc1cc(CC(C)C)nc(Cc2ccc(F)cc2Cl)n1. The van der Waals surface area contributed by atoms with Crippen molar-refractivity contribution in [1.29, 1.82) is 0 Å². The second kappa shape index (κ2) is 6.85. The molecular formula is C16H19ClFN3. The first kappa shape index (κ1) is 15.7. The molecule has 1 N–H and O–H groups in total. The zero-order valence-corrected chi connectivity index (χ0v) is 13.2. The van der Waals surface area contributed by atoms with E-state index in [1.807, 2.05) is 13.1 Å². The maximum absolute atomic E-state index is 13.1. The summed E-state index contributed by atoms with van der Waals surface area (Å²) < 4.78 is 13.1. The average molecular weight is 308 g/mol. The molecule has 0 atom stereocenters. The van der Waals surface area contributed by atoms with Gasteiger partial charge >= 0.3 is 0 Å². The van der Waals surface area contributed by atoms with E-state index in [0.717, 1.165) is 23.5 Å². The number of hydrogen-bond acceptors (Lipinski definition) is 3. The van der Waals surface area contributed by atoms with Crippen molar-refractivity contribution < 1.29 is 4.39 Å². The van der Waals surface area contributed by atoms with Gasteiger partial charge in [0.05, 0.1) is 0 Å². The highest BCUT2D eigenvalue weighted by Crippen LogP contribution is 2.20. The molecular weight excluding hydrogens is 289 g/mol. The third-order valence-corrected chi connectivity index (χ3v) is 3.41. The van der Waals surface area contributed by atoms with Gasteiger partial charge in [0.25, 0.3) is 0 Å². The molecule has 0 bridgehead atoms. The van der Waals surface area contributed by atoms with Crippen LogP contribution >= 0.6 is 11.6 Å². The van der Waals surface area contributed by atoms with E-state index in [0.29, 0.717) is 23.2 Å². The summed E-state index contributed by atoms with van der Waals surface area (Å²) in [7, 11) is 1.83. The van der Waals surface area contributed by atoms with E-state index in [-0.39, 0.29) is 5.82 Å². The predicted octanol–water partition coefficient (Wildman–Crippen LogP) is 4.10. The lowest BCUT2D eigenvalue weighted by molar-refractivity contribution is 0.626. The molecule has 0 spiro atoms. The maximum atomic E-state index is 13.1. The summed E-state index contributed by atoms with van der Waals surface area (Å²) >= 11 is 6.07. The van der Waals surface area contributed by atoms with E-state index >= 15 is 0 Å². The van der Waals surface area contributed by atoms with Crippen LogP contribution in [-0.2, 0) is 12.8 Å². The van der Waals surface area contributed by atoms with Crippen LogP contribution in [0.15, 0.2) is 24.3 Å². The van der Waals surface area contributed by atoms with E-state index in [9.17, 15) is 4.39 Å². The Morgan fingerprint density at radius 3 is 2.62 bits per heavy atom. The summed E-state index contributed by atoms with van der Waals surface area (Å²) in [5.41, 5.74) is 1.82. The summed E-state index contributed by atoms with van der Waals surface area (Å²) in [6.07, 6.45) is 1.38. The zero-order valence-electron chi connectivity index (χ0n) is 12.5. The molecule has 21 heavy (non-hydrogen) atoms. The van der Waals surface area contributed by atoms with Gasteiger partial charge in [-0.25, -0.2) is 14.4 Å². The summed E-state index contributed by atoms with van der Waals surface area (Å²) in [6.45, 7) is 4.30. The van der Waals surface area contributed by atoms with Gasteiger partial charge in [0, 0.05) is 30.3 Å². The minimum Gasteiger partial charge on any atom is -0.373 e. The number of rotatable bonds is 5. The quantitative estimate of drug-likeness (QED) is 0.903. The van der Waals surface area contributed by atoms with E-state index in [1.165, 1.54) is 12.1 Å². The Balaban J connectivity index is 2.29. The highest BCUT2D eigenvalue weighted by Gasteiger charge is 2.09. The second-order valence-corrected chi connectivity index (χ2v) is 5.83. The lowest BCUT2D eigenvalue weighted by Gasteiger charge is -2.10. The molecule has 1 aromatic carbocycles. The number of nitrogens with zero attached hydrogens (tertiary/aromatic N) is 2. The number of anilines is 1. The van der Waals surface area contributed by atoms with Crippen molar-refractivity contribution in [2.24, 2.45) is 5.92 Å². The number of nitrogens with one attached hydrogen (secondary N) is 1. The molecule has 1 aromatic heterocycles. The molecule has 0 saturated heterocycles. The molecule has 2 rings (SSSR count). The van der Waals surface area contributed by atoms with Gasteiger partial charge in [-0.05, 0) is 30.0 Å². The molecule has 0 saturated carbocycles. The summed E-state index contributed by atoms with van der Waals surface area (Å²) in [4.78, 5) is 9.02. The summed E-state index contributed by atoms with van der Waals surface area (Å²) in [5, 5.41) is 3.45. The topological polar surface area (TPSA) is 37.8 Å². The van der Waals surface area contributed by atoms with Crippen LogP contribution < -0.4 is 5.32 Å². The summed E-state index contributed by atoms with van der Waals surface area (Å²) in [6, 6.07) is 6.34. The van der Waals surface area contributed by atoms with Crippen LogP contribution in [0.5, 0.6) is 0 Å². The van der Waals surface area contributed by atoms with Crippen LogP contribution in [-0.4, -0.2) is 17.0 Å². The Morgan fingerprint density at radius 2 is 2.00 bits per heavy atom. The van der Waals surface area contributed by atoms with Gasteiger partial charge in [-0.3, -0.25) is 0 Å². The number of hydrogen-bond donors (Lipinski definition) is 1. The molecule has 0 aliphatic carbocycles. The Kier molecular flexibility index (Phi) is 5.12. The maximum Gasteiger partial charge on any atom is 0.135 e. The van der Waals surface area contributed by atoms with Crippen molar-refractivity contribution in [3.05, 3.63) is 52.2 Å². The highest BCUT2D eigenvalue weighted by atomic mass is 35.5. The number of benzene rings is 1. The standard InChI is InChI=1S/C16H19ClFN3/c1-10(2)6-13-9-15(19-3)21-16(20-13)7-11-4-5-12(18)8-14(11)17/h4-5,8-10H,6-7H2,1-3H3,(H,19,20,21). The number of halogens is 2. The Hall–Kier alpha value is -1.68. The fourth-order valence-corrected chi connectivity index (χ4v) is 2.35. The van der Waals surface area contributed by atoms with Crippen LogP contribution in [0.3, 0.4) is 0 Å². The Labute approximate surface area is 129 Å². The van der Waals surface area contributed by atoms with Crippen molar-refractivity contribution >= 4 is 17.4 Å². The molecule has 0 fully saturated rings. The first-order valence-corrected chi connectivity index (χ1v) is 7.34. The minimum atomic E-state index is -0.339. The van der Waals surface area contributed by atoms with Crippen molar-refractivity contribution in [2.45, 2.75) is 26.7 Å². The fraction of sp³-hybridized carbons (Fsp3) is 0.375. The average Bonchev–Trinajstić information content (AvgIpc) is 2.41. The molecule has 0 aliphatic rings. The molecule has 5 heteroatoms. The molecule has 0 aliphatic heterocycles. The molecule has 3 nitrogen and oxygen atoms in total. The van der Waals surface area contributed by atoms with Gasteiger partial charge in [-0.15, -0.1) is 0 Å². The molecule has 0 amide bonds. The molecule has 1 heterocycles. The largest absolute Gasteiger partial charge is 0.373 e. The van der Waals surface area contributed by atoms with Gasteiger partial charge < -0.3 is 5.32 Å². The first-order chi connectivity index (χ1) is 9.97. The van der Waals surface area contributed by atoms with Crippen LogP contribution in [0.4, 0.5) is 10.2 Å². The van der Waals surface area contributed by atoms with Crippen molar-refractivity contribution in [1.82, 2.24) is 9.97 Å². The van der Waals surface area contributed by atoms with Crippen LogP contribution in [0.1, 0.15) is 30.9 Å². The van der Waals surface area contributed by atoms with Gasteiger partial charge in [-0.1, -0.05) is 31.5 Å². The normalized spacial score (nSPS) is 11.0. The van der Waals surface area contributed by atoms with E-state index in [2.05, 4.69) is 29.1 Å². The van der Waals surface area contributed by atoms with E-state index in [4.69, 9.17) is 11.6 Å². The van der Waals surface area contributed by atoms with Crippen LogP contribution in [0, 0.1) is 11.7 Å². The predicted molar refractivity (Wildman–Crippen MR) is 84.3 cm³/mol. The summed E-state index contributed by atoms with van der Waals surface area (Å²) in [5.74, 6) is 1.65. The van der Waals surface area contributed by atoms with E-state index in [1.54, 1.807) is 6.07 Å². The lowest BCUT2D eigenvalue weighted by Crippen LogP contribution is -2.06. The third kappa shape index (κ3) is 4.39. The second-order valence-electron chi connectivity index (χ2n) is 5.42. The number of aromatic nitrogens is 2.